The first-order chi connectivity index (χ1) is 17.4. The number of carbonyl (C=O) groups is 3. The fraction of sp³-hybridized carbons (Fsp3) is 0.115. The molecule has 0 fully saturated rings. The van der Waals surface area contributed by atoms with Crippen LogP contribution >= 0.6 is 0 Å². The van der Waals surface area contributed by atoms with Crippen molar-refractivity contribution in [3.05, 3.63) is 78.4 Å². The van der Waals surface area contributed by atoms with Crippen LogP contribution in [-0.2, 0) is 20.9 Å². The van der Waals surface area contributed by atoms with Crippen molar-refractivity contribution in [1.29, 1.82) is 0 Å². The number of ether oxygens (including phenoxy) is 1. The second kappa shape index (κ2) is 10.5. The van der Waals surface area contributed by atoms with E-state index in [1.807, 2.05) is 25.1 Å². The van der Waals surface area contributed by atoms with E-state index in [2.05, 4.69) is 20.9 Å². The molecule has 0 saturated carbocycles. The molecule has 36 heavy (non-hydrogen) atoms. The molecule has 3 amide bonds. The third-order valence-electron chi connectivity index (χ3n) is 5.31. The Morgan fingerprint density at radius 3 is 2.50 bits per heavy atom. The molecule has 3 aromatic carbocycles. The van der Waals surface area contributed by atoms with Crippen molar-refractivity contribution >= 4 is 45.7 Å². The highest BCUT2D eigenvalue weighted by Gasteiger charge is 2.20. The number of hydrogen-bond donors (Lipinski definition) is 3. The summed E-state index contributed by atoms with van der Waals surface area (Å²) in [6.07, 6.45) is 0. The number of anilines is 2. The van der Waals surface area contributed by atoms with Crippen LogP contribution in [0.25, 0.3) is 10.9 Å². The van der Waals surface area contributed by atoms with Crippen LogP contribution in [0.2, 0.25) is 0 Å². The van der Waals surface area contributed by atoms with E-state index in [4.69, 9.17) is 4.74 Å². The lowest BCUT2D eigenvalue weighted by Crippen LogP contribution is -2.20. The summed E-state index contributed by atoms with van der Waals surface area (Å²) < 4.78 is 6.50. The van der Waals surface area contributed by atoms with Gasteiger partial charge in [0.15, 0.2) is 5.69 Å². The van der Waals surface area contributed by atoms with E-state index in [0.717, 1.165) is 5.56 Å². The topological polar surface area (TPSA) is 134 Å². The molecule has 0 unspecified atom stereocenters. The Labute approximate surface area is 206 Å². The van der Waals surface area contributed by atoms with E-state index in [1.54, 1.807) is 54.6 Å². The molecule has 0 aliphatic heterocycles. The lowest BCUT2D eigenvalue weighted by atomic mass is 10.2. The molecule has 0 bridgehead atoms. The summed E-state index contributed by atoms with van der Waals surface area (Å²) in [5, 5.41) is 23.8. The molecular weight excluding hydrogens is 462 g/mol. The summed E-state index contributed by atoms with van der Waals surface area (Å²) >= 11 is 0. The van der Waals surface area contributed by atoms with Crippen LogP contribution in [0.15, 0.2) is 83.0 Å². The number of azo groups is 1. The van der Waals surface area contributed by atoms with Crippen LogP contribution in [0, 0.1) is 6.92 Å². The van der Waals surface area contributed by atoms with Gasteiger partial charge in [-0.15, -0.1) is 10.2 Å². The summed E-state index contributed by atoms with van der Waals surface area (Å²) in [6.45, 7) is 1.70. The predicted octanol–water partition coefficient (Wildman–Crippen LogP) is 4.55. The number of carbonyl (C=O) groups excluding carboxylic acids is 3. The number of aryl methyl sites for hydroxylation is 1. The van der Waals surface area contributed by atoms with Crippen molar-refractivity contribution in [3.63, 3.8) is 0 Å². The molecule has 1 heterocycles. The zero-order chi connectivity index (χ0) is 25.7. The highest BCUT2D eigenvalue weighted by Crippen LogP contribution is 2.38. The van der Waals surface area contributed by atoms with E-state index >= 15 is 0 Å². The van der Waals surface area contributed by atoms with Gasteiger partial charge in [-0.25, -0.2) is 0 Å². The quantitative estimate of drug-likeness (QED) is 0.272. The van der Waals surface area contributed by atoms with Gasteiger partial charge < -0.3 is 25.0 Å². The molecular formula is C26H23N5O5. The molecule has 10 heteroatoms. The number of para-hydroxylation sites is 3. The standard InChI is InChI=1S/C26H23N5O5/c1-16-8-7-9-17(14-16)27-22(32)15-31-20-12-5-3-10-18(20)23(26(31)35)29-30-25(34)24(33)28-19-11-4-6-13-21(19)36-2/h3-14,35H,15H2,1-2H3,(H,27,32)(H,28,33). The fourth-order valence-electron chi connectivity index (χ4n) is 3.66. The Morgan fingerprint density at radius 2 is 1.72 bits per heavy atom. The second-order valence-electron chi connectivity index (χ2n) is 7.85. The third kappa shape index (κ3) is 5.22. The average molecular weight is 486 g/mol. The van der Waals surface area contributed by atoms with Crippen LogP contribution in [0.5, 0.6) is 11.6 Å². The lowest BCUT2D eigenvalue weighted by Gasteiger charge is -2.09. The van der Waals surface area contributed by atoms with Gasteiger partial charge in [0.1, 0.15) is 12.3 Å². The number of hydrogen-bond acceptors (Lipinski definition) is 6. The summed E-state index contributed by atoms with van der Waals surface area (Å²) in [4.78, 5) is 37.3. The highest BCUT2D eigenvalue weighted by atomic mass is 16.5. The number of aromatic nitrogens is 1. The number of amides is 3. The predicted molar refractivity (Wildman–Crippen MR) is 135 cm³/mol. The SMILES string of the molecule is COc1ccccc1NC(=O)C(=O)N=Nc1c(O)n(CC(=O)Nc2cccc(C)c2)c2ccccc12. The second-order valence-corrected chi connectivity index (χ2v) is 7.85. The van der Waals surface area contributed by atoms with E-state index in [1.165, 1.54) is 11.7 Å². The summed E-state index contributed by atoms with van der Waals surface area (Å²) in [6, 6.07) is 20.7. The Bertz CT molecular complexity index is 1490. The zero-order valence-corrected chi connectivity index (χ0v) is 19.6. The molecule has 4 aromatic rings. The minimum Gasteiger partial charge on any atom is -0.495 e. The maximum absolute atomic E-state index is 12.7. The molecule has 4 rings (SSSR count). The Morgan fingerprint density at radius 1 is 0.972 bits per heavy atom. The van der Waals surface area contributed by atoms with Crippen LogP contribution in [0.1, 0.15) is 5.56 Å². The molecule has 3 N–H and O–H groups in total. The van der Waals surface area contributed by atoms with Gasteiger partial charge in [0.25, 0.3) is 0 Å². The maximum atomic E-state index is 12.7. The average Bonchev–Trinajstić information content (AvgIpc) is 3.13. The number of rotatable bonds is 6. The first-order valence-corrected chi connectivity index (χ1v) is 10.9. The molecule has 10 nitrogen and oxygen atoms in total. The van der Waals surface area contributed by atoms with E-state index in [0.29, 0.717) is 28.0 Å². The molecule has 1 aromatic heterocycles. The number of nitrogens with zero attached hydrogens (tertiary/aromatic N) is 3. The Kier molecular flexibility index (Phi) is 7.05. The van der Waals surface area contributed by atoms with Crippen molar-refractivity contribution in [3.8, 4) is 11.6 Å². The van der Waals surface area contributed by atoms with Gasteiger partial charge >= 0.3 is 11.8 Å². The smallest absolute Gasteiger partial charge is 0.353 e. The molecule has 0 radical (unpaired) electrons. The van der Waals surface area contributed by atoms with Crippen molar-refractivity contribution in [1.82, 2.24) is 4.57 Å². The molecule has 0 aliphatic rings. The van der Waals surface area contributed by atoms with Crippen molar-refractivity contribution in [2.24, 2.45) is 10.2 Å². The molecule has 0 aliphatic carbocycles. The third-order valence-corrected chi connectivity index (χ3v) is 5.31. The van der Waals surface area contributed by atoms with E-state index in [-0.39, 0.29) is 24.0 Å². The Balaban J connectivity index is 1.55. The van der Waals surface area contributed by atoms with Gasteiger partial charge in [0.05, 0.1) is 18.3 Å². The zero-order valence-electron chi connectivity index (χ0n) is 19.6. The number of methoxy groups -OCH3 is 1. The minimum absolute atomic E-state index is 0.0348. The first-order valence-electron chi connectivity index (χ1n) is 10.9. The van der Waals surface area contributed by atoms with Crippen LogP contribution in [-0.4, -0.2) is 34.5 Å². The number of benzene rings is 3. The van der Waals surface area contributed by atoms with Gasteiger partial charge in [-0.3, -0.25) is 14.4 Å². The van der Waals surface area contributed by atoms with E-state index < -0.39 is 11.8 Å². The Hall–Kier alpha value is -4.99. The largest absolute Gasteiger partial charge is 0.495 e. The van der Waals surface area contributed by atoms with Gasteiger partial charge in [0.2, 0.25) is 11.8 Å². The van der Waals surface area contributed by atoms with Crippen LogP contribution in [0.3, 0.4) is 0 Å². The highest BCUT2D eigenvalue weighted by molar-refractivity contribution is 6.40. The van der Waals surface area contributed by atoms with Gasteiger partial charge in [-0.2, -0.15) is 0 Å². The summed E-state index contributed by atoms with van der Waals surface area (Å²) in [5.74, 6) is -2.55. The number of aromatic hydroxyl groups is 1. The summed E-state index contributed by atoms with van der Waals surface area (Å²) in [5.41, 5.74) is 2.39. The number of nitrogens with one attached hydrogen (secondary N) is 2. The molecule has 0 spiro atoms. The van der Waals surface area contributed by atoms with Crippen molar-refractivity contribution in [2.45, 2.75) is 13.5 Å². The summed E-state index contributed by atoms with van der Waals surface area (Å²) in [7, 11) is 1.44. The van der Waals surface area contributed by atoms with Gasteiger partial charge in [0, 0.05) is 11.1 Å². The van der Waals surface area contributed by atoms with Crippen LogP contribution in [0.4, 0.5) is 17.1 Å². The van der Waals surface area contributed by atoms with Gasteiger partial charge in [-0.1, -0.05) is 42.5 Å². The van der Waals surface area contributed by atoms with Crippen LogP contribution < -0.4 is 15.4 Å². The maximum Gasteiger partial charge on any atom is 0.353 e. The van der Waals surface area contributed by atoms with Gasteiger partial charge in [-0.05, 0) is 42.8 Å². The normalized spacial score (nSPS) is 10.9. The first kappa shape index (κ1) is 24.1. The molecule has 0 atom stereocenters. The monoisotopic (exact) mass is 485 g/mol. The lowest BCUT2D eigenvalue weighted by molar-refractivity contribution is -0.134. The van der Waals surface area contributed by atoms with E-state index in [9.17, 15) is 19.5 Å². The molecule has 0 saturated heterocycles. The minimum atomic E-state index is -1.17. The number of fused-ring (bicyclic) bond motifs is 1. The molecule has 182 valence electrons. The van der Waals surface area contributed by atoms with Crippen molar-refractivity contribution in [2.75, 3.05) is 17.7 Å². The van der Waals surface area contributed by atoms with Crippen molar-refractivity contribution < 1.29 is 24.2 Å². The fourth-order valence-corrected chi connectivity index (χ4v) is 3.66.